The van der Waals surface area contributed by atoms with Crippen molar-refractivity contribution in [2.75, 3.05) is 24.5 Å². The molecule has 5 nitrogen and oxygen atoms in total. The van der Waals surface area contributed by atoms with Gasteiger partial charge >= 0.3 is 6.18 Å². The van der Waals surface area contributed by atoms with E-state index in [1.807, 2.05) is 30.5 Å². The van der Waals surface area contributed by atoms with E-state index in [1.165, 1.54) is 12.3 Å². The van der Waals surface area contributed by atoms with Crippen LogP contribution in [0.1, 0.15) is 24.0 Å². The van der Waals surface area contributed by atoms with Crippen molar-refractivity contribution >= 4 is 22.6 Å². The Kier molecular flexibility index (Phi) is 5.65. The Balaban J connectivity index is 1.37. The average Bonchev–Trinajstić information content (AvgIpc) is 3.16. The number of nitrogens with zero attached hydrogens (tertiary/aromatic N) is 2. The third kappa shape index (κ3) is 4.27. The van der Waals surface area contributed by atoms with Crippen molar-refractivity contribution in [3.8, 4) is 0 Å². The molecule has 1 atom stereocenters. The lowest BCUT2D eigenvalue weighted by Crippen LogP contribution is -2.44. The Morgan fingerprint density at radius 2 is 2.07 bits per heavy atom. The van der Waals surface area contributed by atoms with Crippen LogP contribution in [0.25, 0.3) is 10.9 Å². The highest BCUT2D eigenvalue weighted by Crippen LogP contribution is 2.36. The summed E-state index contributed by atoms with van der Waals surface area (Å²) >= 11 is 0. The highest BCUT2D eigenvalue weighted by molar-refractivity contribution is 5.83. The van der Waals surface area contributed by atoms with E-state index < -0.39 is 11.7 Å². The van der Waals surface area contributed by atoms with E-state index in [0.29, 0.717) is 32.4 Å². The second-order valence-corrected chi connectivity index (χ2v) is 7.56. The largest absolute Gasteiger partial charge is 0.419 e. The number of pyridine rings is 1. The number of hydrogen-bond acceptors (Lipinski definition) is 3. The van der Waals surface area contributed by atoms with Gasteiger partial charge in [-0.05, 0) is 43.0 Å². The van der Waals surface area contributed by atoms with Crippen LogP contribution >= 0.6 is 0 Å². The number of para-hydroxylation sites is 1. The minimum Gasteiger partial charge on any atom is -0.361 e. The highest BCUT2D eigenvalue weighted by atomic mass is 19.4. The molecule has 0 aliphatic carbocycles. The molecule has 2 aromatic heterocycles. The number of H-pyrrole nitrogens is 1. The molecule has 3 heterocycles. The van der Waals surface area contributed by atoms with E-state index >= 15 is 0 Å². The zero-order valence-electron chi connectivity index (χ0n) is 16.4. The second-order valence-electron chi connectivity index (χ2n) is 7.56. The summed E-state index contributed by atoms with van der Waals surface area (Å²) in [5, 5.41) is 4.08. The SMILES string of the molecule is O=C(NCCc1c[nH]c2ccccc12)[C@H]1CCCN(c2ncccc2C(F)(F)F)C1. The van der Waals surface area contributed by atoms with Gasteiger partial charge in [-0.2, -0.15) is 13.2 Å². The maximum absolute atomic E-state index is 13.3. The molecule has 1 amide bonds. The van der Waals surface area contributed by atoms with E-state index in [1.54, 1.807) is 4.90 Å². The molecule has 8 heteroatoms. The van der Waals surface area contributed by atoms with Crippen molar-refractivity contribution in [2.45, 2.75) is 25.4 Å². The Morgan fingerprint density at radius 3 is 2.90 bits per heavy atom. The van der Waals surface area contributed by atoms with Gasteiger partial charge in [0.25, 0.3) is 0 Å². The zero-order chi connectivity index (χ0) is 21.1. The highest BCUT2D eigenvalue weighted by Gasteiger charge is 2.37. The maximum Gasteiger partial charge on any atom is 0.419 e. The molecule has 30 heavy (non-hydrogen) atoms. The van der Waals surface area contributed by atoms with Gasteiger partial charge in [0, 0.05) is 42.9 Å². The number of halogens is 3. The molecule has 1 aromatic carbocycles. The second kappa shape index (κ2) is 8.38. The maximum atomic E-state index is 13.3. The van der Waals surface area contributed by atoms with Crippen LogP contribution in [0.4, 0.5) is 19.0 Å². The van der Waals surface area contributed by atoms with Gasteiger partial charge in [0.15, 0.2) is 0 Å². The zero-order valence-corrected chi connectivity index (χ0v) is 16.4. The number of aromatic amines is 1. The fourth-order valence-corrected chi connectivity index (χ4v) is 4.06. The number of hydrogen-bond donors (Lipinski definition) is 2. The summed E-state index contributed by atoms with van der Waals surface area (Å²) in [6.07, 6.45) is 0.815. The lowest BCUT2D eigenvalue weighted by Gasteiger charge is -2.34. The van der Waals surface area contributed by atoms with Crippen LogP contribution in [0.3, 0.4) is 0 Å². The summed E-state index contributed by atoms with van der Waals surface area (Å²) in [5.74, 6) is -0.574. The van der Waals surface area contributed by atoms with Crippen molar-refractivity contribution < 1.29 is 18.0 Å². The average molecular weight is 416 g/mol. The van der Waals surface area contributed by atoms with Gasteiger partial charge in [0.2, 0.25) is 5.91 Å². The number of fused-ring (bicyclic) bond motifs is 1. The molecule has 3 aromatic rings. The molecule has 2 N–H and O–H groups in total. The lowest BCUT2D eigenvalue weighted by molar-refractivity contribution is -0.137. The molecule has 4 rings (SSSR count). The van der Waals surface area contributed by atoms with Crippen molar-refractivity contribution in [3.63, 3.8) is 0 Å². The molecule has 1 aliphatic heterocycles. The minimum atomic E-state index is -4.47. The smallest absolute Gasteiger partial charge is 0.361 e. The quantitative estimate of drug-likeness (QED) is 0.657. The van der Waals surface area contributed by atoms with E-state index in [2.05, 4.69) is 15.3 Å². The van der Waals surface area contributed by atoms with Crippen LogP contribution in [-0.4, -0.2) is 35.5 Å². The standard InChI is InChI=1S/C22H23F3N4O/c23-22(24,25)18-7-3-10-26-20(18)29-12-4-5-16(14-29)21(30)27-11-9-15-13-28-19-8-2-1-6-17(15)19/h1-3,6-8,10,13,16,28H,4-5,9,11-12,14H2,(H,27,30)/t16-/m0/s1. The first kappa shape index (κ1) is 20.3. The van der Waals surface area contributed by atoms with Crippen LogP contribution in [0, 0.1) is 5.92 Å². The normalized spacial score (nSPS) is 17.3. The van der Waals surface area contributed by atoms with Crippen LogP contribution in [0.15, 0.2) is 48.8 Å². The number of carbonyl (C=O) groups is 1. The fraction of sp³-hybridized carbons (Fsp3) is 0.364. The lowest BCUT2D eigenvalue weighted by atomic mass is 9.96. The molecule has 0 spiro atoms. The number of alkyl halides is 3. The van der Waals surface area contributed by atoms with Gasteiger partial charge in [-0.3, -0.25) is 4.79 Å². The molecule has 0 radical (unpaired) electrons. The summed E-state index contributed by atoms with van der Waals surface area (Å²) in [7, 11) is 0. The molecule has 0 saturated carbocycles. The number of piperidine rings is 1. The Bertz CT molecular complexity index is 1030. The summed E-state index contributed by atoms with van der Waals surface area (Å²) in [5.41, 5.74) is 1.42. The number of nitrogens with one attached hydrogen (secondary N) is 2. The molecule has 0 bridgehead atoms. The van der Waals surface area contributed by atoms with E-state index in [9.17, 15) is 18.0 Å². The third-order valence-corrected chi connectivity index (χ3v) is 5.55. The topological polar surface area (TPSA) is 61.0 Å². The first-order valence-corrected chi connectivity index (χ1v) is 10.0. The first-order valence-electron chi connectivity index (χ1n) is 10.0. The van der Waals surface area contributed by atoms with Gasteiger partial charge in [-0.25, -0.2) is 4.98 Å². The molecular formula is C22H23F3N4O. The number of anilines is 1. The van der Waals surface area contributed by atoms with Gasteiger partial charge in [-0.1, -0.05) is 18.2 Å². The molecule has 158 valence electrons. The Hall–Kier alpha value is -3.03. The van der Waals surface area contributed by atoms with E-state index in [-0.39, 0.29) is 24.2 Å². The molecule has 1 saturated heterocycles. The Labute approximate surface area is 172 Å². The van der Waals surface area contributed by atoms with Crippen LogP contribution in [0.5, 0.6) is 0 Å². The predicted molar refractivity (Wildman–Crippen MR) is 109 cm³/mol. The monoisotopic (exact) mass is 416 g/mol. The Morgan fingerprint density at radius 1 is 1.23 bits per heavy atom. The van der Waals surface area contributed by atoms with Crippen LogP contribution in [-0.2, 0) is 17.4 Å². The van der Waals surface area contributed by atoms with Crippen molar-refractivity contribution in [1.29, 1.82) is 0 Å². The number of amides is 1. The van der Waals surface area contributed by atoms with Gasteiger partial charge in [0.1, 0.15) is 5.82 Å². The number of aromatic nitrogens is 2. The van der Waals surface area contributed by atoms with E-state index in [0.717, 1.165) is 22.5 Å². The summed E-state index contributed by atoms with van der Waals surface area (Å²) < 4.78 is 40.0. The fourth-order valence-electron chi connectivity index (χ4n) is 4.06. The first-order chi connectivity index (χ1) is 14.4. The minimum absolute atomic E-state index is 0.0960. The molecular weight excluding hydrogens is 393 g/mol. The van der Waals surface area contributed by atoms with Crippen LogP contribution in [0.2, 0.25) is 0 Å². The number of rotatable bonds is 5. The number of benzene rings is 1. The van der Waals surface area contributed by atoms with Gasteiger partial charge < -0.3 is 15.2 Å². The summed E-state index contributed by atoms with van der Waals surface area (Å²) in [6.45, 7) is 1.17. The summed E-state index contributed by atoms with van der Waals surface area (Å²) in [4.78, 5) is 21.4. The van der Waals surface area contributed by atoms with Crippen molar-refractivity contribution in [3.05, 3.63) is 59.9 Å². The van der Waals surface area contributed by atoms with Crippen LogP contribution < -0.4 is 10.2 Å². The summed E-state index contributed by atoms with van der Waals surface area (Å²) in [6, 6.07) is 10.3. The molecule has 1 aliphatic rings. The third-order valence-electron chi connectivity index (χ3n) is 5.55. The van der Waals surface area contributed by atoms with Gasteiger partial charge in [-0.15, -0.1) is 0 Å². The van der Waals surface area contributed by atoms with E-state index in [4.69, 9.17) is 0 Å². The van der Waals surface area contributed by atoms with Gasteiger partial charge in [0.05, 0.1) is 11.5 Å². The number of carbonyl (C=O) groups excluding carboxylic acids is 1. The van der Waals surface area contributed by atoms with Crippen molar-refractivity contribution in [2.24, 2.45) is 5.92 Å². The molecule has 0 unspecified atom stereocenters. The predicted octanol–water partition coefficient (Wildman–Crippen LogP) is 4.16. The van der Waals surface area contributed by atoms with Crippen molar-refractivity contribution in [1.82, 2.24) is 15.3 Å². The molecule has 1 fully saturated rings.